The topological polar surface area (TPSA) is 83.8 Å². The van der Waals surface area contributed by atoms with E-state index in [0.717, 1.165) is 22.2 Å². The number of H-pyrrole nitrogens is 1. The van der Waals surface area contributed by atoms with Crippen molar-refractivity contribution in [1.29, 1.82) is 0 Å². The molecule has 0 atom stereocenters. The molecular weight excluding hydrogens is 244 g/mol. The molecule has 0 aliphatic heterocycles. The minimum Gasteiger partial charge on any atom is -0.477 e. The summed E-state index contributed by atoms with van der Waals surface area (Å²) in [5.74, 6) is -1.02. The molecule has 3 rings (SSSR count). The van der Waals surface area contributed by atoms with Crippen molar-refractivity contribution in [3.8, 4) is 11.3 Å². The molecule has 2 heterocycles. The number of aromatic nitrogens is 4. The van der Waals surface area contributed by atoms with Crippen molar-refractivity contribution in [2.75, 3.05) is 0 Å². The fourth-order valence-electron chi connectivity index (χ4n) is 2.18. The van der Waals surface area contributed by atoms with Gasteiger partial charge in [0.15, 0.2) is 0 Å². The van der Waals surface area contributed by atoms with E-state index in [1.54, 1.807) is 0 Å². The number of hydrogen-bond donors (Lipinski definition) is 2. The normalized spacial score (nSPS) is 11.1. The minimum absolute atomic E-state index is 0.0815. The molecular formula is C13H12N4O2. The van der Waals surface area contributed by atoms with E-state index < -0.39 is 5.97 Å². The Balaban J connectivity index is 2.14. The summed E-state index contributed by atoms with van der Waals surface area (Å²) >= 11 is 0. The van der Waals surface area contributed by atoms with Crippen LogP contribution in [-0.4, -0.2) is 31.1 Å². The molecule has 19 heavy (non-hydrogen) atoms. The van der Waals surface area contributed by atoms with Crippen molar-refractivity contribution in [3.63, 3.8) is 0 Å². The van der Waals surface area contributed by atoms with Crippen LogP contribution in [0.2, 0.25) is 0 Å². The van der Waals surface area contributed by atoms with Crippen molar-refractivity contribution in [3.05, 3.63) is 35.7 Å². The van der Waals surface area contributed by atoms with Gasteiger partial charge in [-0.05, 0) is 25.1 Å². The lowest BCUT2D eigenvalue weighted by atomic mass is 10.1. The number of benzene rings is 1. The second-order valence-electron chi connectivity index (χ2n) is 4.41. The lowest BCUT2D eigenvalue weighted by Crippen LogP contribution is -1.95. The monoisotopic (exact) mass is 256 g/mol. The molecule has 96 valence electrons. The van der Waals surface area contributed by atoms with Crippen molar-refractivity contribution in [2.24, 2.45) is 7.05 Å². The summed E-state index contributed by atoms with van der Waals surface area (Å²) in [6.45, 7) is 1.94. The molecule has 0 spiro atoms. The number of hydrogen-bond acceptors (Lipinski definition) is 3. The smallest absolute Gasteiger partial charge is 0.353 e. The Hall–Kier alpha value is -2.63. The first-order valence-electron chi connectivity index (χ1n) is 5.78. The van der Waals surface area contributed by atoms with E-state index in [1.165, 1.54) is 6.07 Å². The Kier molecular flexibility index (Phi) is 2.38. The summed E-state index contributed by atoms with van der Waals surface area (Å²) in [5, 5.41) is 20.8. The summed E-state index contributed by atoms with van der Waals surface area (Å²) in [6.07, 6.45) is 0. The van der Waals surface area contributed by atoms with Gasteiger partial charge in [-0.1, -0.05) is 6.07 Å². The zero-order valence-electron chi connectivity index (χ0n) is 10.5. The van der Waals surface area contributed by atoms with E-state index in [-0.39, 0.29) is 5.69 Å². The van der Waals surface area contributed by atoms with Crippen LogP contribution in [0.15, 0.2) is 24.3 Å². The first-order chi connectivity index (χ1) is 9.06. The Bertz CT molecular complexity index is 785. The molecule has 2 N–H and O–H groups in total. The lowest BCUT2D eigenvalue weighted by molar-refractivity contribution is 0.0690. The molecule has 0 amide bonds. The van der Waals surface area contributed by atoms with Crippen LogP contribution >= 0.6 is 0 Å². The third-order valence-electron chi connectivity index (χ3n) is 3.14. The highest BCUT2D eigenvalue weighted by Crippen LogP contribution is 2.25. The summed E-state index contributed by atoms with van der Waals surface area (Å²) in [6, 6.07) is 7.36. The molecule has 0 aliphatic rings. The van der Waals surface area contributed by atoms with Crippen LogP contribution in [0.1, 0.15) is 16.2 Å². The second-order valence-corrected chi connectivity index (χ2v) is 4.41. The third kappa shape index (κ3) is 1.77. The number of aromatic amines is 1. The summed E-state index contributed by atoms with van der Waals surface area (Å²) in [7, 11) is 1.89. The molecule has 2 aromatic heterocycles. The van der Waals surface area contributed by atoms with E-state index in [2.05, 4.69) is 15.3 Å². The Labute approximate surface area is 108 Å². The molecule has 1 aromatic carbocycles. The van der Waals surface area contributed by atoms with Gasteiger partial charge in [0.2, 0.25) is 0 Å². The Morgan fingerprint density at radius 1 is 1.37 bits per heavy atom. The molecule has 6 heteroatoms. The molecule has 0 bridgehead atoms. The maximum atomic E-state index is 10.8. The molecule has 3 aromatic rings. The van der Waals surface area contributed by atoms with Gasteiger partial charge in [0, 0.05) is 18.0 Å². The molecule has 0 aliphatic carbocycles. The fourth-order valence-corrected chi connectivity index (χ4v) is 2.18. The standard InChI is InChI=1S/C13H12N4O2/c1-7-9-5-8(3-4-12(9)17(2)16-7)10-6-11(13(18)19)15-14-10/h3-6H,1-2H3,(H,14,15)(H,18,19). The number of nitrogens with one attached hydrogen (secondary N) is 1. The van der Waals surface area contributed by atoms with Crippen LogP contribution in [0.4, 0.5) is 0 Å². The summed E-state index contributed by atoms with van der Waals surface area (Å²) in [4.78, 5) is 10.8. The summed E-state index contributed by atoms with van der Waals surface area (Å²) < 4.78 is 1.82. The first kappa shape index (κ1) is 11.5. The fraction of sp³-hybridized carbons (Fsp3) is 0.154. The maximum absolute atomic E-state index is 10.8. The number of carboxylic acids is 1. The average Bonchev–Trinajstić information content (AvgIpc) is 2.96. The van der Waals surface area contributed by atoms with Gasteiger partial charge in [-0.25, -0.2) is 4.79 Å². The molecule has 0 fully saturated rings. The van der Waals surface area contributed by atoms with Crippen LogP contribution < -0.4 is 0 Å². The zero-order valence-corrected chi connectivity index (χ0v) is 10.5. The number of rotatable bonds is 2. The van der Waals surface area contributed by atoms with Gasteiger partial charge in [-0.3, -0.25) is 9.78 Å². The second kappa shape index (κ2) is 3.94. The van der Waals surface area contributed by atoms with E-state index in [9.17, 15) is 4.79 Å². The van der Waals surface area contributed by atoms with Crippen LogP contribution in [0.3, 0.4) is 0 Å². The predicted octanol–water partition coefficient (Wildman–Crippen LogP) is 1.97. The Morgan fingerprint density at radius 2 is 2.16 bits per heavy atom. The van der Waals surface area contributed by atoms with Crippen LogP contribution in [0.25, 0.3) is 22.2 Å². The molecule has 0 unspecified atom stereocenters. The van der Waals surface area contributed by atoms with Crippen molar-refractivity contribution >= 4 is 16.9 Å². The highest BCUT2D eigenvalue weighted by Gasteiger charge is 2.11. The van der Waals surface area contributed by atoms with E-state index in [4.69, 9.17) is 5.11 Å². The number of carbonyl (C=O) groups is 1. The van der Waals surface area contributed by atoms with Crippen LogP contribution in [0.5, 0.6) is 0 Å². The van der Waals surface area contributed by atoms with Gasteiger partial charge < -0.3 is 5.11 Å². The molecule has 6 nitrogen and oxygen atoms in total. The zero-order chi connectivity index (χ0) is 13.6. The van der Waals surface area contributed by atoms with Crippen LogP contribution in [-0.2, 0) is 7.05 Å². The van der Waals surface area contributed by atoms with Gasteiger partial charge >= 0.3 is 5.97 Å². The number of aromatic carboxylic acids is 1. The third-order valence-corrected chi connectivity index (χ3v) is 3.14. The quantitative estimate of drug-likeness (QED) is 0.734. The molecule has 0 saturated heterocycles. The summed E-state index contributed by atoms with van der Waals surface area (Å²) in [5.41, 5.74) is 3.54. The SMILES string of the molecule is Cc1nn(C)c2ccc(-c3cc(C(=O)O)[nH]n3)cc12. The van der Waals surface area contributed by atoms with Crippen molar-refractivity contribution in [1.82, 2.24) is 20.0 Å². The van der Waals surface area contributed by atoms with Gasteiger partial charge in [-0.15, -0.1) is 0 Å². The Morgan fingerprint density at radius 3 is 2.84 bits per heavy atom. The number of aryl methyl sites for hydroxylation is 2. The van der Waals surface area contributed by atoms with E-state index in [0.29, 0.717) is 5.69 Å². The number of carboxylic acid groups (broad SMARTS) is 1. The molecule has 0 radical (unpaired) electrons. The molecule has 0 saturated carbocycles. The average molecular weight is 256 g/mol. The predicted molar refractivity (Wildman–Crippen MR) is 70.0 cm³/mol. The van der Waals surface area contributed by atoms with Crippen molar-refractivity contribution in [2.45, 2.75) is 6.92 Å². The largest absolute Gasteiger partial charge is 0.477 e. The van der Waals surface area contributed by atoms with E-state index >= 15 is 0 Å². The maximum Gasteiger partial charge on any atom is 0.353 e. The first-order valence-corrected chi connectivity index (χ1v) is 5.78. The minimum atomic E-state index is -1.02. The van der Waals surface area contributed by atoms with Gasteiger partial charge in [0.05, 0.1) is 16.9 Å². The van der Waals surface area contributed by atoms with Gasteiger partial charge in [-0.2, -0.15) is 10.2 Å². The highest BCUT2D eigenvalue weighted by atomic mass is 16.4. The van der Waals surface area contributed by atoms with Crippen molar-refractivity contribution < 1.29 is 9.90 Å². The van der Waals surface area contributed by atoms with Gasteiger partial charge in [0.1, 0.15) is 5.69 Å². The highest BCUT2D eigenvalue weighted by molar-refractivity contribution is 5.89. The lowest BCUT2D eigenvalue weighted by Gasteiger charge is -1.98. The van der Waals surface area contributed by atoms with E-state index in [1.807, 2.05) is 36.9 Å². The van der Waals surface area contributed by atoms with Crippen LogP contribution in [0, 0.1) is 6.92 Å². The number of fused-ring (bicyclic) bond motifs is 1. The van der Waals surface area contributed by atoms with Gasteiger partial charge in [0.25, 0.3) is 0 Å². The number of nitrogens with zero attached hydrogens (tertiary/aromatic N) is 3.